The Kier molecular flexibility index (Phi) is 3.87. The molecule has 2 aliphatic heterocycles. The van der Waals surface area contributed by atoms with Crippen LogP contribution in [0.25, 0.3) is 5.70 Å². The lowest BCUT2D eigenvalue weighted by Gasteiger charge is -2.44. The first-order chi connectivity index (χ1) is 11.7. The number of fused-ring (bicyclic) bond motifs is 2. The third-order valence-electron chi connectivity index (χ3n) is 5.18. The van der Waals surface area contributed by atoms with Crippen molar-refractivity contribution in [2.45, 2.75) is 51.0 Å². The van der Waals surface area contributed by atoms with E-state index in [-0.39, 0.29) is 18.3 Å². The third-order valence-corrected chi connectivity index (χ3v) is 5.18. The second kappa shape index (κ2) is 6.04. The summed E-state index contributed by atoms with van der Waals surface area (Å²) < 4.78 is 16.2. The van der Waals surface area contributed by atoms with Gasteiger partial charge in [-0.1, -0.05) is 19.3 Å². The molecule has 1 aromatic carbocycles. The van der Waals surface area contributed by atoms with Crippen molar-refractivity contribution in [1.82, 2.24) is 5.32 Å². The fourth-order valence-electron chi connectivity index (χ4n) is 4.09. The quantitative estimate of drug-likeness (QED) is 0.667. The van der Waals surface area contributed by atoms with Crippen molar-refractivity contribution in [1.29, 1.82) is 0 Å². The van der Waals surface area contributed by atoms with Gasteiger partial charge in [-0.25, -0.2) is 4.79 Å². The zero-order valence-electron chi connectivity index (χ0n) is 14.0. The minimum atomic E-state index is -0.309. The van der Waals surface area contributed by atoms with Gasteiger partial charge in [0.05, 0.1) is 6.61 Å². The van der Waals surface area contributed by atoms with E-state index < -0.39 is 0 Å². The van der Waals surface area contributed by atoms with E-state index in [0.717, 1.165) is 42.0 Å². The summed E-state index contributed by atoms with van der Waals surface area (Å²) in [6, 6.07) is 4.05. The van der Waals surface area contributed by atoms with Crippen LogP contribution in [-0.4, -0.2) is 24.9 Å². The SMILES string of the molecule is CCOC(=O)/C=C1/NC2(CCCCC2)Cc2cc3c(cc21)OCO3. The molecule has 0 saturated heterocycles. The Morgan fingerprint density at radius 2 is 2.00 bits per heavy atom. The summed E-state index contributed by atoms with van der Waals surface area (Å²) in [5.74, 6) is 1.23. The monoisotopic (exact) mass is 329 g/mol. The molecule has 5 heteroatoms. The lowest BCUT2D eigenvalue weighted by molar-refractivity contribution is -0.137. The van der Waals surface area contributed by atoms with Gasteiger partial charge in [0.15, 0.2) is 11.5 Å². The number of esters is 1. The van der Waals surface area contributed by atoms with E-state index in [1.54, 1.807) is 6.08 Å². The summed E-state index contributed by atoms with van der Waals surface area (Å²) in [5.41, 5.74) is 3.12. The van der Waals surface area contributed by atoms with Gasteiger partial charge in [0, 0.05) is 22.9 Å². The summed E-state index contributed by atoms with van der Waals surface area (Å²) in [5, 5.41) is 3.67. The molecule has 0 aromatic heterocycles. The second-order valence-corrected chi connectivity index (χ2v) is 6.82. The van der Waals surface area contributed by atoms with E-state index in [2.05, 4.69) is 11.4 Å². The average Bonchev–Trinajstić information content (AvgIpc) is 3.01. The Labute approximate surface area is 142 Å². The first kappa shape index (κ1) is 15.4. The van der Waals surface area contributed by atoms with Crippen LogP contribution < -0.4 is 14.8 Å². The van der Waals surface area contributed by atoms with Gasteiger partial charge >= 0.3 is 5.97 Å². The fraction of sp³-hybridized carbons (Fsp3) is 0.526. The van der Waals surface area contributed by atoms with Gasteiger partial charge < -0.3 is 19.5 Å². The number of carbonyl (C=O) groups is 1. The Morgan fingerprint density at radius 1 is 1.25 bits per heavy atom. The van der Waals surface area contributed by atoms with Gasteiger partial charge in [-0.05, 0) is 43.9 Å². The lowest BCUT2D eigenvalue weighted by Crippen LogP contribution is -2.50. The minimum Gasteiger partial charge on any atom is -0.463 e. The Bertz CT molecular complexity index is 689. The van der Waals surface area contributed by atoms with E-state index in [1.807, 2.05) is 13.0 Å². The maximum atomic E-state index is 12.0. The largest absolute Gasteiger partial charge is 0.463 e. The molecule has 3 aliphatic rings. The average molecular weight is 329 g/mol. The minimum absolute atomic E-state index is 0.0390. The van der Waals surface area contributed by atoms with Crippen LogP contribution in [0.1, 0.15) is 50.2 Å². The molecular weight excluding hydrogens is 306 g/mol. The smallest absolute Gasteiger partial charge is 0.332 e. The number of benzene rings is 1. The molecule has 0 amide bonds. The van der Waals surface area contributed by atoms with E-state index in [4.69, 9.17) is 14.2 Å². The molecule has 4 rings (SSSR count). The van der Waals surface area contributed by atoms with Crippen LogP contribution in [0.5, 0.6) is 11.5 Å². The topological polar surface area (TPSA) is 56.8 Å². The summed E-state index contributed by atoms with van der Waals surface area (Å²) >= 11 is 0. The molecule has 0 atom stereocenters. The number of nitrogens with one attached hydrogen (secondary N) is 1. The zero-order valence-corrected chi connectivity index (χ0v) is 14.0. The number of rotatable bonds is 2. The molecule has 128 valence electrons. The number of carbonyl (C=O) groups excluding carboxylic acids is 1. The Balaban J connectivity index is 1.76. The van der Waals surface area contributed by atoms with Crippen LogP contribution in [0.4, 0.5) is 0 Å². The highest BCUT2D eigenvalue weighted by atomic mass is 16.7. The van der Waals surface area contributed by atoms with Crippen LogP contribution in [0, 0.1) is 0 Å². The molecule has 0 radical (unpaired) electrons. The van der Waals surface area contributed by atoms with Gasteiger partial charge in [0.1, 0.15) is 0 Å². The van der Waals surface area contributed by atoms with E-state index in [0.29, 0.717) is 6.61 Å². The van der Waals surface area contributed by atoms with Crippen molar-refractivity contribution in [3.8, 4) is 11.5 Å². The summed E-state index contributed by atoms with van der Waals surface area (Å²) in [6.45, 7) is 2.45. The van der Waals surface area contributed by atoms with Gasteiger partial charge in [0.2, 0.25) is 6.79 Å². The number of hydrogen-bond acceptors (Lipinski definition) is 5. The van der Waals surface area contributed by atoms with Crippen molar-refractivity contribution in [2.24, 2.45) is 0 Å². The first-order valence-electron chi connectivity index (χ1n) is 8.79. The van der Waals surface area contributed by atoms with E-state index >= 15 is 0 Å². The predicted molar refractivity (Wildman–Crippen MR) is 89.8 cm³/mol. The summed E-state index contributed by atoms with van der Waals surface area (Å²) in [7, 11) is 0. The molecule has 5 nitrogen and oxygen atoms in total. The van der Waals surface area contributed by atoms with Gasteiger partial charge in [-0.3, -0.25) is 0 Å². The zero-order chi connectivity index (χ0) is 16.6. The van der Waals surface area contributed by atoms with Gasteiger partial charge in [0.25, 0.3) is 0 Å². The van der Waals surface area contributed by atoms with Crippen LogP contribution >= 0.6 is 0 Å². The molecule has 24 heavy (non-hydrogen) atoms. The second-order valence-electron chi connectivity index (χ2n) is 6.82. The predicted octanol–water partition coefficient (Wildman–Crippen LogP) is 3.17. The molecule has 1 saturated carbocycles. The molecule has 1 spiro atoms. The maximum absolute atomic E-state index is 12.0. The van der Waals surface area contributed by atoms with Crippen LogP contribution in [0.3, 0.4) is 0 Å². The molecule has 1 aliphatic carbocycles. The normalized spacial score (nSPS) is 22.1. The summed E-state index contributed by atoms with van der Waals surface area (Å²) in [6.07, 6.45) is 8.52. The van der Waals surface area contributed by atoms with Crippen molar-refractivity contribution < 1.29 is 19.0 Å². The highest BCUT2D eigenvalue weighted by Crippen LogP contribution is 2.43. The van der Waals surface area contributed by atoms with Crippen LogP contribution in [0.15, 0.2) is 18.2 Å². The standard InChI is InChI=1S/C19H23NO4/c1-2-22-18(21)10-15-14-9-17-16(23-12-24-17)8-13(14)11-19(20-15)6-4-3-5-7-19/h8-10,20H,2-7,11-12H2,1H3/b15-10+. The van der Waals surface area contributed by atoms with Gasteiger partial charge in [-0.15, -0.1) is 0 Å². The number of ether oxygens (including phenoxy) is 3. The highest BCUT2D eigenvalue weighted by molar-refractivity contribution is 5.92. The lowest BCUT2D eigenvalue weighted by atomic mass is 9.73. The van der Waals surface area contributed by atoms with Crippen LogP contribution in [0.2, 0.25) is 0 Å². The molecule has 0 bridgehead atoms. The number of hydrogen-bond donors (Lipinski definition) is 1. The maximum Gasteiger partial charge on any atom is 0.332 e. The molecule has 0 unspecified atom stereocenters. The van der Waals surface area contributed by atoms with Crippen LogP contribution in [-0.2, 0) is 16.0 Å². The van der Waals surface area contributed by atoms with E-state index in [9.17, 15) is 4.79 Å². The Hall–Kier alpha value is -2.17. The molecule has 2 heterocycles. The van der Waals surface area contributed by atoms with Gasteiger partial charge in [-0.2, -0.15) is 0 Å². The summed E-state index contributed by atoms with van der Waals surface area (Å²) in [4.78, 5) is 12.0. The Morgan fingerprint density at radius 3 is 2.75 bits per heavy atom. The molecule has 1 N–H and O–H groups in total. The van der Waals surface area contributed by atoms with Crippen molar-refractivity contribution in [2.75, 3.05) is 13.4 Å². The van der Waals surface area contributed by atoms with Crippen molar-refractivity contribution in [3.05, 3.63) is 29.3 Å². The fourth-order valence-corrected chi connectivity index (χ4v) is 4.09. The highest BCUT2D eigenvalue weighted by Gasteiger charge is 2.38. The first-order valence-corrected chi connectivity index (χ1v) is 8.79. The molecule has 1 fully saturated rings. The molecular formula is C19H23NO4. The molecule has 1 aromatic rings. The third kappa shape index (κ3) is 2.72. The van der Waals surface area contributed by atoms with E-state index in [1.165, 1.54) is 24.8 Å². The van der Waals surface area contributed by atoms with Crippen molar-refractivity contribution >= 4 is 11.7 Å². The van der Waals surface area contributed by atoms with Crippen molar-refractivity contribution in [3.63, 3.8) is 0 Å².